The molecule has 2 aromatic carbocycles. The first-order valence-corrected chi connectivity index (χ1v) is 11.4. The fourth-order valence-corrected chi connectivity index (χ4v) is 4.01. The Morgan fingerprint density at radius 1 is 1.24 bits per heavy atom. The van der Waals surface area contributed by atoms with E-state index in [2.05, 4.69) is 15.4 Å². The normalized spacial score (nSPS) is 11.3. The molecule has 0 spiro atoms. The molecule has 0 aliphatic carbocycles. The summed E-state index contributed by atoms with van der Waals surface area (Å²) in [5, 5.41) is 17.3. The average Bonchev–Trinajstić information content (AvgIpc) is 3.27. The number of para-hydroxylation sites is 1. The first-order valence-electron chi connectivity index (χ1n) is 10.6. The van der Waals surface area contributed by atoms with Gasteiger partial charge in [0, 0.05) is 11.8 Å². The van der Waals surface area contributed by atoms with Crippen LogP contribution in [0, 0.1) is 18.3 Å². The van der Waals surface area contributed by atoms with Crippen LogP contribution in [-0.2, 0) is 17.8 Å². The fourth-order valence-electron chi connectivity index (χ4n) is 3.15. The van der Waals surface area contributed by atoms with Crippen molar-refractivity contribution in [3.05, 3.63) is 92.4 Å². The molecule has 0 unspecified atom stereocenters. The summed E-state index contributed by atoms with van der Waals surface area (Å²) in [6.45, 7) is 3.98. The number of ether oxygens (including phenoxy) is 1. The number of fused-ring (bicyclic) bond motifs is 1. The molecule has 0 aliphatic heterocycles. The molecule has 0 saturated heterocycles. The quantitative estimate of drug-likeness (QED) is 0.320. The Kier molecular flexibility index (Phi) is 6.80. The SMILES string of the molecule is CCc1nn2c(=O)cc(COc3ccc(C=C(C#N)C(=O)Nc4ccccc4C)cc3)nc2s1. The minimum absolute atomic E-state index is 0.00842. The van der Waals surface area contributed by atoms with Gasteiger partial charge in [-0.15, -0.1) is 0 Å². The van der Waals surface area contributed by atoms with Crippen molar-refractivity contribution in [1.82, 2.24) is 14.6 Å². The van der Waals surface area contributed by atoms with E-state index in [9.17, 15) is 14.9 Å². The first-order chi connectivity index (χ1) is 16.5. The van der Waals surface area contributed by atoms with Crippen molar-refractivity contribution in [2.75, 3.05) is 5.32 Å². The number of aromatic nitrogens is 3. The molecule has 0 bridgehead atoms. The molecular weight excluding hydrogens is 450 g/mol. The molecular formula is C25H21N5O3S. The number of rotatable bonds is 7. The van der Waals surface area contributed by atoms with Crippen LogP contribution in [-0.4, -0.2) is 20.5 Å². The van der Waals surface area contributed by atoms with Gasteiger partial charge in [0.1, 0.15) is 29.0 Å². The van der Waals surface area contributed by atoms with E-state index in [-0.39, 0.29) is 17.7 Å². The summed E-state index contributed by atoms with van der Waals surface area (Å²) in [7, 11) is 0. The Morgan fingerprint density at radius 2 is 2.00 bits per heavy atom. The second kappa shape index (κ2) is 10.1. The Balaban J connectivity index is 1.43. The monoisotopic (exact) mass is 471 g/mol. The molecule has 0 aliphatic rings. The zero-order chi connectivity index (χ0) is 24.1. The molecule has 0 atom stereocenters. The molecule has 4 aromatic rings. The third kappa shape index (κ3) is 5.19. The van der Waals surface area contributed by atoms with Crippen molar-refractivity contribution in [2.45, 2.75) is 26.9 Å². The summed E-state index contributed by atoms with van der Waals surface area (Å²) in [5.41, 5.74) is 2.51. The molecule has 34 heavy (non-hydrogen) atoms. The number of carbonyl (C=O) groups excluding carboxylic acids is 1. The minimum Gasteiger partial charge on any atom is -0.487 e. The van der Waals surface area contributed by atoms with Gasteiger partial charge in [-0.05, 0) is 48.7 Å². The lowest BCUT2D eigenvalue weighted by atomic mass is 10.1. The van der Waals surface area contributed by atoms with Crippen LogP contribution in [0.2, 0.25) is 0 Å². The molecule has 4 rings (SSSR count). The first kappa shape index (κ1) is 22.9. The van der Waals surface area contributed by atoms with Crippen LogP contribution < -0.4 is 15.6 Å². The van der Waals surface area contributed by atoms with Crippen molar-refractivity contribution >= 4 is 34.0 Å². The zero-order valence-corrected chi connectivity index (χ0v) is 19.4. The van der Waals surface area contributed by atoms with Gasteiger partial charge in [0.05, 0.1) is 5.69 Å². The summed E-state index contributed by atoms with van der Waals surface area (Å²) >= 11 is 1.38. The number of hydrogen-bond acceptors (Lipinski definition) is 7. The summed E-state index contributed by atoms with van der Waals surface area (Å²) in [6, 6.07) is 17.7. The third-order valence-corrected chi connectivity index (χ3v) is 6.03. The number of anilines is 1. The smallest absolute Gasteiger partial charge is 0.275 e. The van der Waals surface area contributed by atoms with Gasteiger partial charge in [-0.25, -0.2) is 4.98 Å². The van der Waals surface area contributed by atoms with Gasteiger partial charge in [0.2, 0.25) is 4.96 Å². The second-order valence-corrected chi connectivity index (χ2v) is 8.47. The maximum absolute atomic E-state index is 12.5. The molecule has 2 heterocycles. The summed E-state index contributed by atoms with van der Waals surface area (Å²) in [5.74, 6) is 0.0970. The molecule has 0 saturated carbocycles. The van der Waals surface area contributed by atoms with Gasteiger partial charge < -0.3 is 10.1 Å². The van der Waals surface area contributed by atoms with Crippen molar-refractivity contribution in [3.63, 3.8) is 0 Å². The van der Waals surface area contributed by atoms with Crippen molar-refractivity contribution in [1.29, 1.82) is 5.26 Å². The Bertz CT molecular complexity index is 1480. The topological polar surface area (TPSA) is 109 Å². The predicted octanol–water partition coefficient (Wildman–Crippen LogP) is 4.15. The molecule has 1 N–H and O–H groups in total. The van der Waals surface area contributed by atoms with Crippen LogP contribution in [0.4, 0.5) is 5.69 Å². The Morgan fingerprint density at radius 3 is 2.71 bits per heavy atom. The fraction of sp³-hybridized carbons (Fsp3) is 0.160. The summed E-state index contributed by atoms with van der Waals surface area (Å²) in [6.07, 6.45) is 2.25. The van der Waals surface area contributed by atoms with Crippen LogP contribution in [0.3, 0.4) is 0 Å². The van der Waals surface area contributed by atoms with Crippen LogP contribution in [0.1, 0.15) is 28.8 Å². The van der Waals surface area contributed by atoms with E-state index >= 15 is 0 Å². The number of nitrogens with one attached hydrogen (secondary N) is 1. The van der Waals surface area contributed by atoms with E-state index in [1.807, 2.05) is 38.1 Å². The molecule has 0 radical (unpaired) electrons. The van der Waals surface area contributed by atoms with Crippen LogP contribution >= 0.6 is 11.3 Å². The van der Waals surface area contributed by atoms with E-state index in [0.29, 0.717) is 27.7 Å². The lowest BCUT2D eigenvalue weighted by Gasteiger charge is -2.08. The van der Waals surface area contributed by atoms with Gasteiger partial charge >= 0.3 is 0 Å². The number of hydrogen-bond donors (Lipinski definition) is 1. The van der Waals surface area contributed by atoms with E-state index in [4.69, 9.17) is 4.74 Å². The van der Waals surface area contributed by atoms with Gasteiger partial charge in [-0.1, -0.05) is 48.6 Å². The molecule has 2 aromatic heterocycles. The van der Waals surface area contributed by atoms with Crippen molar-refractivity contribution in [2.24, 2.45) is 0 Å². The van der Waals surface area contributed by atoms with Crippen LogP contribution in [0.5, 0.6) is 5.75 Å². The predicted molar refractivity (Wildman–Crippen MR) is 131 cm³/mol. The maximum atomic E-state index is 12.5. The van der Waals surface area contributed by atoms with E-state index in [1.165, 1.54) is 28.0 Å². The third-order valence-electron chi connectivity index (χ3n) is 4.98. The van der Waals surface area contributed by atoms with Gasteiger partial charge in [0.15, 0.2) is 0 Å². The van der Waals surface area contributed by atoms with Crippen LogP contribution in [0.15, 0.2) is 65.0 Å². The molecule has 8 nitrogen and oxygen atoms in total. The van der Waals surface area contributed by atoms with Crippen molar-refractivity contribution in [3.8, 4) is 11.8 Å². The van der Waals surface area contributed by atoms with Gasteiger partial charge in [-0.3, -0.25) is 9.59 Å². The number of amides is 1. The average molecular weight is 472 g/mol. The Hall–Kier alpha value is -4.29. The highest BCUT2D eigenvalue weighted by Crippen LogP contribution is 2.18. The number of nitriles is 1. The highest BCUT2D eigenvalue weighted by molar-refractivity contribution is 7.16. The second-order valence-electron chi connectivity index (χ2n) is 7.43. The molecule has 1 amide bonds. The summed E-state index contributed by atoms with van der Waals surface area (Å²) < 4.78 is 7.07. The van der Waals surface area contributed by atoms with Gasteiger partial charge in [-0.2, -0.15) is 14.9 Å². The lowest BCUT2D eigenvalue weighted by molar-refractivity contribution is -0.112. The Labute approximate surface area is 199 Å². The van der Waals surface area contributed by atoms with E-state index in [1.54, 1.807) is 30.3 Å². The molecule has 9 heteroatoms. The number of benzene rings is 2. The number of nitrogens with zero attached hydrogens (tertiary/aromatic N) is 4. The van der Waals surface area contributed by atoms with Gasteiger partial charge in [0.25, 0.3) is 11.5 Å². The zero-order valence-electron chi connectivity index (χ0n) is 18.6. The lowest BCUT2D eigenvalue weighted by Crippen LogP contribution is -2.16. The van der Waals surface area contributed by atoms with E-state index < -0.39 is 5.91 Å². The highest BCUT2D eigenvalue weighted by atomic mass is 32.1. The molecule has 0 fully saturated rings. The standard InChI is InChI=1S/C25H21N5O3S/c1-3-22-29-30-23(31)13-19(27-25(30)34-22)15-33-20-10-8-17(9-11-20)12-18(14-26)24(32)28-21-7-5-4-6-16(21)2/h4-13H,3,15H2,1-2H3,(H,28,32). The highest BCUT2D eigenvalue weighted by Gasteiger charge is 2.11. The summed E-state index contributed by atoms with van der Waals surface area (Å²) in [4.78, 5) is 29.7. The number of aryl methyl sites for hydroxylation is 2. The number of carbonyl (C=O) groups is 1. The molecule has 170 valence electrons. The van der Waals surface area contributed by atoms with E-state index in [0.717, 1.165) is 17.0 Å². The largest absolute Gasteiger partial charge is 0.487 e. The minimum atomic E-state index is -0.473. The van der Waals surface area contributed by atoms with Crippen molar-refractivity contribution < 1.29 is 9.53 Å². The maximum Gasteiger partial charge on any atom is 0.275 e. The van der Waals surface area contributed by atoms with Crippen LogP contribution in [0.25, 0.3) is 11.0 Å².